The minimum Gasteiger partial charge on any atom is -0.350 e. The molecule has 2 heterocycles. The third kappa shape index (κ3) is 3.95. The zero-order valence-corrected chi connectivity index (χ0v) is 12.9. The van der Waals surface area contributed by atoms with Crippen molar-refractivity contribution >= 4 is 17.2 Å². The summed E-state index contributed by atoms with van der Waals surface area (Å²) in [6, 6.07) is 6.22. The number of nitrogens with one attached hydrogen (secondary N) is 1. The number of aromatic nitrogens is 3. The topological polar surface area (TPSA) is 67.8 Å². The number of thiazole rings is 1. The third-order valence-corrected chi connectivity index (χ3v) is 4.00. The number of hydrogen-bond acceptors (Lipinski definition) is 5. The normalized spacial score (nSPS) is 10.5. The van der Waals surface area contributed by atoms with E-state index in [1.54, 1.807) is 36.1 Å². The Hall–Kier alpha value is -2.67. The van der Waals surface area contributed by atoms with E-state index in [9.17, 15) is 9.18 Å². The second-order valence-corrected chi connectivity index (χ2v) is 5.62. The molecular weight excluding hydrogens is 315 g/mol. The lowest BCUT2D eigenvalue weighted by Crippen LogP contribution is -2.25. The Morgan fingerprint density at radius 2 is 2.04 bits per heavy atom. The molecule has 0 saturated carbocycles. The van der Waals surface area contributed by atoms with E-state index in [1.165, 1.54) is 23.5 Å². The van der Waals surface area contributed by atoms with Crippen LogP contribution in [0.3, 0.4) is 0 Å². The summed E-state index contributed by atoms with van der Waals surface area (Å²) in [5.74, 6) is -0.504. The van der Waals surface area contributed by atoms with E-state index in [0.29, 0.717) is 29.4 Å². The van der Waals surface area contributed by atoms with Gasteiger partial charge in [0.05, 0.1) is 6.20 Å². The van der Waals surface area contributed by atoms with Gasteiger partial charge < -0.3 is 5.32 Å². The molecule has 2 aromatic heterocycles. The first-order chi connectivity index (χ1) is 11.2. The van der Waals surface area contributed by atoms with Crippen LogP contribution in [-0.2, 0) is 6.42 Å². The Labute approximate surface area is 136 Å². The van der Waals surface area contributed by atoms with Gasteiger partial charge in [-0.2, -0.15) is 0 Å². The number of carbonyl (C=O) groups is 1. The maximum Gasteiger partial charge on any atom is 0.270 e. The first-order valence-electron chi connectivity index (χ1n) is 6.97. The average Bonchev–Trinajstić information content (AvgIpc) is 3.07. The summed E-state index contributed by atoms with van der Waals surface area (Å²) in [5.41, 5.74) is 1.96. The van der Waals surface area contributed by atoms with E-state index in [2.05, 4.69) is 20.3 Å². The predicted octanol–water partition coefficient (Wildman–Crippen LogP) is 2.71. The summed E-state index contributed by atoms with van der Waals surface area (Å²) in [6.45, 7) is 0.461. The van der Waals surface area contributed by atoms with Crippen LogP contribution in [0.2, 0.25) is 0 Å². The van der Waals surface area contributed by atoms with Gasteiger partial charge in [0.15, 0.2) is 0 Å². The summed E-state index contributed by atoms with van der Waals surface area (Å²) < 4.78 is 12.8. The Kier molecular flexibility index (Phi) is 4.68. The molecule has 23 heavy (non-hydrogen) atoms. The van der Waals surface area contributed by atoms with E-state index in [4.69, 9.17) is 0 Å². The van der Waals surface area contributed by atoms with Crippen LogP contribution < -0.4 is 5.32 Å². The molecule has 0 saturated heterocycles. The van der Waals surface area contributed by atoms with Crippen LogP contribution in [0, 0.1) is 5.82 Å². The molecule has 0 unspecified atom stereocenters. The number of nitrogens with zero attached hydrogens (tertiary/aromatic N) is 3. The Balaban J connectivity index is 1.56. The number of rotatable bonds is 5. The third-order valence-electron chi connectivity index (χ3n) is 3.13. The standard InChI is InChI=1S/C16H13FN4OS/c17-12-3-1-11(2-4-12)5-6-20-15(22)14-10-23-16(21-14)13-9-18-7-8-19-13/h1-4,7-10H,5-6H2,(H,20,22). The second-order valence-electron chi connectivity index (χ2n) is 4.76. The molecule has 0 spiro atoms. The molecule has 0 aliphatic rings. The molecule has 0 fully saturated rings. The molecule has 116 valence electrons. The average molecular weight is 328 g/mol. The number of hydrogen-bond donors (Lipinski definition) is 1. The number of benzene rings is 1. The first-order valence-corrected chi connectivity index (χ1v) is 7.85. The van der Waals surface area contributed by atoms with Crippen LogP contribution in [0.1, 0.15) is 16.1 Å². The maximum atomic E-state index is 12.8. The molecule has 7 heteroatoms. The van der Waals surface area contributed by atoms with Crippen molar-refractivity contribution in [2.75, 3.05) is 6.54 Å². The fourth-order valence-electron chi connectivity index (χ4n) is 1.97. The fraction of sp³-hybridized carbons (Fsp3) is 0.125. The molecule has 0 atom stereocenters. The lowest BCUT2D eigenvalue weighted by Gasteiger charge is -2.03. The molecule has 5 nitrogen and oxygen atoms in total. The highest BCUT2D eigenvalue weighted by Crippen LogP contribution is 2.20. The quantitative estimate of drug-likeness (QED) is 0.782. The van der Waals surface area contributed by atoms with Crippen LogP contribution in [0.15, 0.2) is 48.2 Å². The molecule has 0 aliphatic heterocycles. The maximum absolute atomic E-state index is 12.8. The Bertz CT molecular complexity index is 789. The van der Waals surface area contributed by atoms with E-state index < -0.39 is 0 Å². The largest absolute Gasteiger partial charge is 0.350 e. The summed E-state index contributed by atoms with van der Waals surface area (Å²) in [4.78, 5) is 24.5. The minimum atomic E-state index is -0.267. The Morgan fingerprint density at radius 1 is 1.22 bits per heavy atom. The van der Waals surface area contributed by atoms with Gasteiger partial charge in [0.25, 0.3) is 5.91 Å². The summed E-state index contributed by atoms with van der Waals surface area (Å²) >= 11 is 1.35. The first kappa shape index (κ1) is 15.2. The number of halogens is 1. The van der Waals surface area contributed by atoms with Gasteiger partial charge in [0.2, 0.25) is 0 Å². The highest BCUT2D eigenvalue weighted by atomic mass is 32.1. The van der Waals surface area contributed by atoms with E-state index >= 15 is 0 Å². The second kappa shape index (κ2) is 7.06. The van der Waals surface area contributed by atoms with Crippen molar-refractivity contribution in [3.05, 3.63) is 65.3 Å². The van der Waals surface area contributed by atoms with Crippen molar-refractivity contribution in [3.63, 3.8) is 0 Å². The van der Waals surface area contributed by atoms with Crippen molar-refractivity contribution in [1.29, 1.82) is 0 Å². The monoisotopic (exact) mass is 328 g/mol. The van der Waals surface area contributed by atoms with Gasteiger partial charge >= 0.3 is 0 Å². The van der Waals surface area contributed by atoms with Crippen LogP contribution in [0.25, 0.3) is 10.7 Å². The van der Waals surface area contributed by atoms with Crippen molar-refractivity contribution in [2.24, 2.45) is 0 Å². The molecule has 0 radical (unpaired) electrons. The van der Waals surface area contributed by atoms with Crippen LogP contribution in [0.5, 0.6) is 0 Å². The molecule has 1 amide bonds. The van der Waals surface area contributed by atoms with Crippen molar-refractivity contribution in [3.8, 4) is 10.7 Å². The molecular formula is C16H13FN4OS. The molecule has 1 aromatic carbocycles. The van der Waals surface area contributed by atoms with Crippen molar-refractivity contribution in [2.45, 2.75) is 6.42 Å². The van der Waals surface area contributed by atoms with Gasteiger partial charge in [-0.25, -0.2) is 9.37 Å². The van der Waals surface area contributed by atoms with E-state index in [-0.39, 0.29) is 11.7 Å². The lowest BCUT2D eigenvalue weighted by molar-refractivity contribution is 0.0950. The SMILES string of the molecule is O=C(NCCc1ccc(F)cc1)c1csc(-c2cnccn2)n1. The van der Waals surface area contributed by atoms with E-state index in [1.807, 2.05) is 0 Å². The smallest absolute Gasteiger partial charge is 0.270 e. The van der Waals surface area contributed by atoms with Gasteiger partial charge in [-0.1, -0.05) is 12.1 Å². The zero-order valence-electron chi connectivity index (χ0n) is 12.1. The fourth-order valence-corrected chi connectivity index (χ4v) is 2.73. The Morgan fingerprint density at radius 3 is 2.78 bits per heavy atom. The van der Waals surface area contributed by atoms with Crippen LogP contribution in [-0.4, -0.2) is 27.4 Å². The van der Waals surface area contributed by atoms with Gasteiger partial charge in [0, 0.05) is 24.3 Å². The molecule has 0 aliphatic carbocycles. The zero-order chi connectivity index (χ0) is 16.1. The summed E-state index contributed by atoms with van der Waals surface area (Å²) in [7, 11) is 0. The van der Waals surface area contributed by atoms with Gasteiger partial charge in [0.1, 0.15) is 22.2 Å². The van der Waals surface area contributed by atoms with Gasteiger partial charge in [-0.3, -0.25) is 14.8 Å². The van der Waals surface area contributed by atoms with Gasteiger partial charge in [-0.05, 0) is 24.1 Å². The molecule has 3 rings (SSSR count). The van der Waals surface area contributed by atoms with Gasteiger partial charge in [-0.15, -0.1) is 11.3 Å². The summed E-state index contributed by atoms with van der Waals surface area (Å²) in [6.07, 6.45) is 5.40. The highest BCUT2D eigenvalue weighted by Gasteiger charge is 2.12. The predicted molar refractivity (Wildman–Crippen MR) is 85.6 cm³/mol. The van der Waals surface area contributed by atoms with E-state index in [0.717, 1.165) is 5.56 Å². The minimum absolute atomic E-state index is 0.237. The van der Waals surface area contributed by atoms with Crippen molar-refractivity contribution < 1.29 is 9.18 Å². The lowest BCUT2D eigenvalue weighted by atomic mass is 10.1. The molecule has 0 bridgehead atoms. The molecule has 1 N–H and O–H groups in total. The number of carbonyl (C=O) groups excluding carboxylic acids is 1. The van der Waals surface area contributed by atoms with Crippen molar-refractivity contribution in [1.82, 2.24) is 20.3 Å². The van der Waals surface area contributed by atoms with Crippen LogP contribution >= 0.6 is 11.3 Å². The molecule has 3 aromatic rings. The summed E-state index contributed by atoms with van der Waals surface area (Å²) in [5, 5.41) is 5.15. The number of amides is 1. The van der Waals surface area contributed by atoms with Crippen LogP contribution in [0.4, 0.5) is 4.39 Å². The highest BCUT2D eigenvalue weighted by molar-refractivity contribution is 7.13.